The van der Waals surface area contributed by atoms with Crippen molar-refractivity contribution in [2.24, 2.45) is 0 Å². The van der Waals surface area contributed by atoms with Crippen LogP contribution in [0.25, 0.3) is 10.2 Å². The molecule has 3 heteroatoms. The highest BCUT2D eigenvalue weighted by Crippen LogP contribution is 2.24. The summed E-state index contributed by atoms with van der Waals surface area (Å²) in [4.78, 5) is 0. The summed E-state index contributed by atoms with van der Waals surface area (Å²) in [6.07, 6.45) is 0. The third kappa shape index (κ3) is 0.708. The second-order valence-corrected chi connectivity index (χ2v) is 2.91. The van der Waals surface area contributed by atoms with E-state index in [-0.39, 0.29) is 0 Å². The summed E-state index contributed by atoms with van der Waals surface area (Å²) in [5.41, 5.74) is 1.17. The Morgan fingerprint density at radius 2 is 2.40 bits per heavy atom. The number of H-pyrrole nitrogens is 1. The average Bonchev–Trinajstić information content (AvgIpc) is 1.92. The van der Waals surface area contributed by atoms with Crippen molar-refractivity contribution >= 4 is 21.7 Å². The lowest BCUT2D eigenvalue weighted by molar-refractivity contribution is 0.415. The minimum atomic E-state index is 0.909. The van der Waals surface area contributed by atoms with Gasteiger partial charge in [0.1, 0.15) is 5.75 Å². The van der Waals surface area contributed by atoms with Gasteiger partial charge in [0.2, 0.25) is 0 Å². The molecule has 0 amide bonds. The zero-order valence-corrected chi connectivity index (χ0v) is 6.37. The van der Waals surface area contributed by atoms with Gasteiger partial charge in [-0.05, 0) is 12.1 Å². The number of methoxy groups -OCH3 is 1. The molecule has 0 fully saturated rings. The monoisotopic (exact) mass is 153 g/mol. The summed E-state index contributed by atoms with van der Waals surface area (Å²) in [6.45, 7) is 0. The maximum absolute atomic E-state index is 5.03. The topological polar surface area (TPSA) is 25.0 Å². The van der Waals surface area contributed by atoms with Crippen LogP contribution in [0.3, 0.4) is 0 Å². The maximum atomic E-state index is 5.03. The quantitative estimate of drug-likeness (QED) is 0.667. The fraction of sp³-hybridized carbons (Fsp3) is 0.143. The van der Waals surface area contributed by atoms with Gasteiger partial charge in [0.25, 0.3) is 0 Å². The Hall–Kier alpha value is -0.960. The molecule has 1 aromatic heterocycles. The van der Waals surface area contributed by atoms with Gasteiger partial charge in [-0.3, -0.25) is 0 Å². The van der Waals surface area contributed by atoms with E-state index in [2.05, 4.69) is 10.4 Å². The lowest BCUT2D eigenvalue weighted by Gasteiger charge is -2.02. The van der Waals surface area contributed by atoms with Crippen molar-refractivity contribution in [1.29, 1.82) is 0 Å². The van der Waals surface area contributed by atoms with Crippen molar-refractivity contribution in [1.82, 2.24) is 4.37 Å². The standard InChI is InChI=1S/C7H7NOS/c1-9-5-2-3-7-6(4-5)8-10-7/h2-4,8H,1H3. The fourth-order valence-corrected chi connectivity index (χ4v) is 1.46. The van der Waals surface area contributed by atoms with Crippen LogP contribution in [0.5, 0.6) is 5.75 Å². The van der Waals surface area contributed by atoms with E-state index in [1.165, 1.54) is 10.2 Å². The van der Waals surface area contributed by atoms with Crippen LogP contribution in [0.15, 0.2) is 18.2 Å². The Bertz CT molecular complexity index is 336. The van der Waals surface area contributed by atoms with E-state index in [0.29, 0.717) is 0 Å². The van der Waals surface area contributed by atoms with Crippen LogP contribution >= 0.6 is 11.5 Å². The van der Waals surface area contributed by atoms with Crippen molar-refractivity contribution in [3.8, 4) is 5.75 Å². The van der Waals surface area contributed by atoms with Gasteiger partial charge in [-0.2, -0.15) is 0 Å². The summed E-state index contributed by atoms with van der Waals surface area (Å²) in [7, 11) is 1.67. The van der Waals surface area contributed by atoms with Crippen LogP contribution in [0.1, 0.15) is 0 Å². The Balaban J connectivity index is 2.57. The SMILES string of the molecule is COc1ccc2s[nH]c2c1. The van der Waals surface area contributed by atoms with Crippen LogP contribution in [-0.4, -0.2) is 11.5 Å². The number of ether oxygens (including phenoxy) is 1. The van der Waals surface area contributed by atoms with Gasteiger partial charge in [0.05, 0.1) is 17.3 Å². The number of benzene rings is 1. The van der Waals surface area contributed by atoms with E-state index in [0.717, 1.165) is 5.75 Å². The average molecular weight is 153 g/mol. The van der Waals surface area contributed by atoms with Crippen molar-refractivity contribution in [2.45, 2.75) is 0 Å². The number of aromatic nitrogens is 1. The lowest BCUT2D eigenvalue weighted by atomic mass is 10.3. The first-order chi connectivity index (χ1) is 4.90. The molecule has 10 heavy (non-hydrogen) atoms. The largest absolute Gasteiger partial charge is 0.497 e. The van der Waals surface area contributed by atoms with Gasteiger partial charge in [0.15, 0.2) is 0 Å². The van der Waals surface area contributed by atoms with E-state index in [1.54, 1.807) is 18.6 Å². The smallest absolute Gasteiger partial charge is 0.121 e. The highest BCUT2D eigenvalue weighted by Gasteiger charge is 1.98. The minimum Gasteiger partial charge on any atom is -0.497 e. The summed E-state index contributed by atoms with van der Waals surface area (Å²) in [5.74, 6) is 0.909. The third-order valence-electron chi connectivity index (χ3n) is 1.46. The Labute approximate surface area is 62.6 Å². The summed E-state index contributed by atoms with van der Waals surface area (Å²) < 4.78 is 9.43. The van der Waals surface area contributed by atoms with Gasteiger partial charge in [-0.1, -0.05) is 11.5 Å². The second-order valence-electron chi connectivity index (χ2n) is 2.07. The van der Waals surface area contributed by atoms with E-state index in [9.17, 15) is 0 Å². The Morgan fingerprint density at radius 1 is 1.50 bits per heavy atom. The molecule has 52 valence electrons. The zero-order valence-electron chi connectivity index (χ0n) is 5.55. The molecule has 2 rings (SSSR count). The van der Waals surface area contributed by atoms with Gasteiger partial charge >= 0.3 is 0 Å². The molecule has 1 aromatic carbocycles. The van der Waals surface area contributed by atoms with Crippen molar-refractivity contribution < 1.29 is 4.74 Å². The molecule has 0 saturated carbocycles. The highest BCUT2D eigenvalue weighted by atomic mass is 32.1. The first kappa shape index (κ1) is 5.80. The van der Waals surface area contributed by atoms with Crippen LogP contribution in [0.4, 0.5) is 0 Å². The molecular formula is C7H7NOS. The van der Waals surface area contributed by atoms with Gasteiger partial charge in [-0.25, -0.2) is 0 Å². The molecule has 0 saturated heterocycles. The fourth-order valence-electron chi connectivity index (χ4n) is 0.868. The Kier molecular flexibility index (Phi) is 1.17. The molecule has 0 radical (unpaired) electrons. The van der Waals surface area contributed by atoms with E-state index in [1.807, 2.05) is 12.1 Å². The van der Waals surface area contributed by atoms with Gasteiger partial charge in [0, 0.05) is 6.07 Å². The molecular weight excluding hydrogens is 146 g/mol. The van der Waals surface area contributed by atoms with Crippen LogP contribution in [0.2, 0.25) is 0 Å². The van der Waals surface area contributed by atoms with Gasteiger partial charge in [-0.15, -0.1) is 0 Å². The third-order valence-corrected chi connectivity index (χ3v) is 2.36. The molecule has 1 N–H and O–H groups in total. The number of rotatable bonds is 1. The first-order valence-corrected chi connectivity index (χ1v) is 3.83. The molecule has 2 aromatic rings. The first-order valence-electron chi connectivity index (χ1n) is 3.01. The van der Waals surface area contributed by atoms with E-state index >= 15 is 0 Å². The molecule has 0 spiro atoms. The van der Waals surface area contributed by atoms with Crippen LogP contribution < -0.4 is 4.74 Å². The molecule has 2 nitrogen and oxygen atoms in total. The number of aromatic amines is 1. The van der Waals surface area contributed by atoms with Crippen LogP contribution in [-0.2, 0) is 0 Å². The molecule has 0 bridgehead atoms. The Morgan fingerprint density at radius 3 is 2.90 bits per heavy atom. The molecule has 0 unspecified atom stereocenters. The summed E-state index contributed by atoms with van der Waals surface area (Å²) in [5, 5.41) is 0. The van der Waals surface area contributed by atoms with E-state index in [4.69, 9.17) is 4.74 Å². The number of fused-ring (bicyclic) bond motifs is 1. The van der Waals surface area contributed by atoms with Crippen molar-refractivity contribution in [3.05, 3.63) is 18.2 Å². The van der Waals surface area contributed by atoms with Crippen molar-refractivity contribution in [3.63, 3.8) is 0 Å². The molecule has 0 aliphatic heterocycles. The number of hydrogen-bond donors (Lipinski definition) is 1. The normalized spacial score (nSPS) is 10.5. The summed E-state index contributed by atoms with van der Waals surface area (Å²) in [6, 6.07) is 6.01. The lowest BCUT2D eigenvalue weighted by Crippen LogP contribution is -1.83. The number of hydrogen-bond acceptors (Lipinski definition) is 2. The zero-order chi connectivity index (χ0) is 6.97. The summed E-state index contributed by atoms with van der Waals surface area (Å²) >= 11 is 1.64. The van der Waals surface area contributed by atoms with Crippen LogP contribution in [0, 0.1) is 0 Å². The predicted molar refractivity (Wildman–Crippen MR) is 42.7 cm³/mol. The molecule has 0 aliphatic carbocycles. The molecule has 1 heterocycles. The van der Waals surface area contributed by atoms with Gasteiger partial charge < -0.3 is 9.11 Å². The molecule has 0 atom stereocenters. The second kappa shape index (κ2) is 2.02. The maximum Gasteiger partial charge on any atom is 0.121 e. The molecule has 0 aliphatic rings. The van der Waals surface area contributed by atoms with E-state index < -0.39 is 0 Å². The minimum absolute atomic E-state index is 0.909. The predicted octanol–water partition coefficient (Wildman–Crippen LogP) is 2.24. The highest BCUT2D eigenvalue weighted by molar-refractivity contribution is 7.15. The number of nitrogens with one attached hydrogen (secondary N) is 1. The van der Waals surface area contributed by atoms with Crippen molar-refractivity contribution in [2.75, 3.05) is 7.11 Å².